The summed E-state index contributed by atoms with van der Waals surface area (Å²) in [4.78, 5) is 13.3. The zero-order valence-electron chi connectivity index (χ0n) is 16.2. The highest BCUT2D eigenvalue weighted by Crippen LogP contribution is 2.84. The quantitative estimate of drug-likeness (QED) is 0.595. The van der Waals surface area contributed by atoms with Crippen molar-refractivity contribution >= 4 is 5.97 Å². The molecule has 0 aromatic carbocycles. The van der Waals surface area contributed by atoms with Gasteiger partial charge in [-0.25, -0.2) is 4.79 Å². The molecular formula is C20H28O7. The Hall–Kier alpha value is -0.730. The molecule has 5 unspecified atom stereocenters. The Bertz CT molecular complexity index is 747. The molecule has 10 atom stereocenters. The fourth-order valence-corrected chi connectivity index (χ4v) is 8.35. The minimum atomic E-state index is -1.63. The Balaban J connectivity index is 1.69. The summed E-state index contributed by atoms with van der Waals surface area (Å²) in [6.07, 6.45) is -1.67. The van der Waals surface area contributed by atoms with Crippen LogP contribution < -0.4 is 0 Å². The third-order valence-corrected chi connectivity index (χ3v) is 9.03. The first-order chi connectivity index (χ1) is 12.6. The molecule has 0 aromatic rings. The van der Waals surface area contributed by atoms with Crippen molar-refractivity contribution in [2.24, 2.45) is 28.1 Å². The molecule has 0 radical (unpaired) electrons. The Morgan fingerprint density at radius 3 is 2.67 bits per heavy atom. The van der Waals surface area contributed by atoms with E-state index >= 15 is 0 Å². The van der Waals surface area contributed by atoms with Crippen LogP contribution in [0, 0.1) is 28.1 Å². The first-order valence-corrected chi connectivity index (χ1v) is 10.1. The Kier molecular flexibility index (Phi) is 2.79. The molecule has 6 rings (SSSR count). The van der Waals surface area contributed by atoms with E-state index in [0.717, 1.165) is 0 Å². The molecule has 2 saturated carbocycles. The van der Waals surface area contributed by atoms with Crippen LogP contribution in [0.1, 0.15) is 40.5 Å². The first-order valence-electron chi connectivity index (χ1n) is 10.1. The van der Waals surface area contributed by atoms with Crippen LogP contribution in [-0.2, 0) is 23.7 Å². The number of carbonyl (C=O) groups is 1. The zero-order valence-corrected chi connectivity index (χ0v) is 16.2. The van der Waals surface area contributed by atoms with E-state index in [1.165, 1.54) is 0 Å². The predicted octanol–water partition coefficient (Wildman–Crippen LogP) is 0.606. The highest BCUT2D eigenvalue weighted by molar-refractivity contribution is 5.89. The van der Waals surface area contributed by atoms with Crippen LogP contribution in [0.4, 0.5) is 0 Å². The number of hydrogen-bond donors (Lipinski definition) is 2. The van der Waals surface area contributed by atoms with Crippen LogP contribution in [0.25, 0.3) is 0 Å². The van der Waals surface area contributed by atoms with Crippen LogP contribution in [0.3, 0.4) is 0 Å². The molecule has 6 fully saturated rings. The van der Waals surface area contributed by atoms with Crippen molar-refractivity contribution in [3.63, 3.8) is 0 Å². The number of carbonyl (C=O) groups excluding carboxylic acids is 1. The van der Waals surface area contributed by atoms with E-state index in [1.807, 2.05) is 6.92 Å². The van der Waals surface area contributed by atoms with Gasteiger partial charge in [-0.2, -0.15) is 0 Å². The lowest BCUT2D eigenvalue weighted by atomic mass is 9.52. The molecule has 0 aromatic heterocycles. The van der Waals surface area contributed by atoms with Gasteiger partial charge in [-0.15, -0.1) is 0 Å². The van der Waals surface area contributed by atoms with Crippen LogP contribution in [0.2, 0.25) is 0 Å². The maximum Gasteiger partial charge on any atom is 0.342 e. The molecule has 4 heterocycles. The molecule has 2 N–H and O–H groups in total. The summed E-state index contributed by atoms with van der Waals surface area (Å²) in [5.41, 5.74) is -4.96. The summed E-state index contributed by atoms with van der Waals surface area (Å²) < 4.78 is 24.2. The van der Waals surface area contributed by atoms with Crippen molar-refractivity contribution in [3.8, 4) is 0 Å². The minimum Gasteiger partial charge on any atom is -0.459 e. The van der Waals surface area contributed by atoms with E-state index < -0.39 is 52.6 Å². The summed E-state index contributed by atoms with van der Waals surface area (Å²) >= 11 is 0. The fourth-order valence-electron chi connectivity index (χ4n) is 8.35. The molecule has 7 heteroatoms. The number of aliphatic hydroxyl groups excluding tert-OH is 1. The van der Waals surface area contributed by atoms with Gasteiger partial charge >= 0.3 is 5.97 Å². The monoisotopic (exact) mass is 380 g/mol. The zero-order chi connectivity index (χ0) is 19.2. The van der Waals surface area contributed by atoms with Crippen LogP contribution in [0.15, 0.2) is 0 Å². The summed E-state index contributed by atoms with van der Waals surface area (Å²) in [5, 5.41) is 23.6. The van der Waals surface area contributed by atoms with E-state index in [1.54, 1.807) is 0 Å². The van der Waals surface area contributed by atoms with Crippen molar-refractivity contribution in [2.45, 2.75) is 76.3 Å². The summed E-state index contributed by atoms with van der Waals surface area (Å²) in [5.74, 6) is -0.782. The molecule has 0 amide bonds. The van der Waals surface area contributed by atoms with Gasteiger partial charge in [0.1, 0.15) is 17.8 Å². The smallest absolute Gasteiger partial charge is 0.342 e. The molecular weight excluding hydrogens is 352 g/mol. The lowest BCUT2D eigenvalue weighted by molar-refractivity contribution is -0.240. The van der Waals surface area contributed by atoms with Gasteiger partial charge in [0.25, 0.3) is 0 Å². The van der Waals surface area contributed by atoms with E-state index in [9.17, 15) is 15.0 Å². The molecule has 0 bridgehead atoms. The lowest BCUT2D eigenvalue weighted by Crippen LogP contribution is -2.65. The molecule has 150 valence electrons. The molecule has 6 aliphatic rings. The third kappa shape index (κ3) is 1.28. The summed E-state index contributed by atoms with van der Waals surface area (Å²) in [6, 6.07) is 0. The topological polar surface area (TPSA) is 94.5 Å². The summed E-state index contributed by atoms with van der Waals surface area (Å²) in [7, 11) is 0. The highest BCUT2D eigenvalue weighted by atomic mass is 16.7. The van der Waals surface area contributed by atoms with E-state index in [4.69, 9.17) is 18.9 Å². The minimum absolute atomic E-state index is 0.0938. The van der Waals surface area contributed by atoms with E-state index in [-0.39, 0.29) is 23.9 Å². The van der Waals surface area contributed by atoms with Gasteiger partial charge in [-0.05, 0) is 24.2 Å². The van der Waals surface area contributed by atoms with Gasteiger partial charge < -0.3 is 29.2 Å². The normalized spacial score (nSPS) is 63.1. The van der Waals surface area contributed by atoms with Gasteiger partial charge in [0.15, 0.2) is 6.29 Å². The number of fused-ring (bicyclic) bond motifs is 1. The lowest BCUT2D eigenvalue weighted by Gasteiger charge is -2.47. The predicted molar refractivity (Wildman–Crippen MR) is 90.3 cm³/mol. The van der Waals surface area contributed by atoms with Gasteiger partial charge in [-0.3, -0.25) is 0 Å². The van der Waals surface area contributed by atoms with E-state index in [0.29, 0.717) is 19.4 Å². The van der Waals surface area contributed by atoms with Crippen LogP contribution in [-0.4, -0.2) is 65.2 Å². The average Bonchev–Trinajstić information content (AvgIpc) is 3.30. The largest absolute Gasteiger partial charge is 0.459 e. The van der Waals surface area contributed by atoms with Crippen molar-refractivity contribution in [3.05, 3.63) is 0 Å². The first kappa shape index (κ1) is 17.2. The van der Waals surface area contributed by atoms with Crippen LogP contribution in [0.5, 0.6) is 0 Å². The number of rotatable bonds is 0. The van der Waals surface area contributed by atoms with E-state index in [2.05, 4.69) is 20.8 Å². The van der Waals surface area contributed by atoms with Gasteiger partial charge in [-0.1, -0.05) is 27.7 Å². The standard InChI is InChI=1S/C20H28O7/c1-9-8-25-13-12(21)18-11-7-10(16(2,3)4)17(18)5-6-24-15(17)27-20(18,14(22)26-11)19(9,13)23/h9-13,15,21,23H,5-8H2,1-4H3/t9-,10+,11?,12+,13?,15+,17?,18?,19-,20?/m1/s1. The van der Waals surface area contributed by atoms with Gasteiger partial charge in [0.05, 0.1) is 24.7 Å². The molecule has 7 nitrogen and oxygen atoms in total. The molecule has 27 heavy (non-hydrogen) atoms. The third-order valence-electron chi connectivity index (χ3n) is 9.03. The molecule has 2 spiro atoms. The number of hydrogen-bond acceptors (Lipinski definition) is 7. The number of esters is 1. The van der Waals surface area contributed by atoms with Crippen molar-refractivity contribution < 1.29 is 34.0 Å². The molecule has 4 aliphatic heterocycles. The second-order valence-corrected chi connectivity index (χ2v) is 10.6. The second kappa shape index (κ2) is 4.38. The van der Waals surface area contributed by atoms with Crippen LogP contribution >= 0.6 is 0 Å². The molecule has 4 saturated heterocycles. The van der Waals surface area contributed by atoms with Crippen molar-refractivity contribution in [2.75, 3.05) is 13.2 Å². The van der Waals surface area contributed by atoms with Gasteiger partial charge in [0.2, 0.25) is 5.60 Å². The van der Waals surface area contributed by atoms with Crippen molar-refractivity contribution in [1.82, 2.24) is 0 Å². The fraction of sp³-hybridized carbons (Fsp3) is 0.950. The Labute approximate surface area is 158 Å². The maximum absolute atomic E-state index is 13.3. The van der Waals surface area contributed by atoms with Crippen molar-refractivity contribution in [1.29, 1.82) is 0 Å². The Morgan fingerprint density at radius 2 is 1.96 bits per heavy atom. The number of ether oxygens (including phenoxy) is 4. The average molecular weight is 380 g/mol. The number of aliphatic hydroxyl groups is 2. The highest BCUT2D eigenvalue weighted by Gasteiger charge is 3.00. The van der Waals surface area contributed by atoms with Gasteiger partial charge in [0, 0.05) is 11.3 Å². The SMILES string of the molecule is C[C@@H]1COC2[C@H](O)C34C5C[C@@H](C(C)(C)C)C36CCO[C@H]6OC4(C(=O)O5)[C@]21O. The second-order valence-electron chi connectivity index (χ2n) is 10.6. The Morgan fingerprint density at radius 1 is 1.22 bits per heavy atom. The summed E-state index contributed by atoms with van der Waals surface area (Å²) in [6.45, 7) is 9.18. The molecule has 2 aliphatic carbocycles. The maximum atomic E-state index is 13.3.